The molecule has 0 saturated heterocycles. The van der Waals surface area contributed by atoms with E-state index in [-0.39, 0.29) is 29.3 Å². The van der Waals surface area contributed by atoms with Crippen molar-refractivity contribution < 1.29 is 19.8 Å². The van der Waals surface area contributed by atoms with E-state index in [0.717, 1.165) is 0 Å². The van der Waals surface area contributed by atoms with Crippen molar-refractivity contribution in [3.63, 3.8) is 0 Å². The number of carbonyl (C=O) groups is 2. The van der Waals surface area contributed by atoms with Crippen LogP contribution < -0.4 is 5.32 Å². The SMILES string of the molecule is O=C(O)N1CCC(O)=C(C(=S)Nc2ccc(Cl)cc2)C1=O. The number of nitrogens with one attached hydrogen (secondary N) is 1. The van der Waals surface area contributed by atoms with Gasteiger partial charge in [-0.05, 0) is 24.3 Å². The molecule has 2 amide bonds. The fourth-order valence-electron chi connectivity index (χ4n) is 1.84. The fraction of sp³-hybridized carbons (Fsp3) is 0.154. The molecule has 0 aromatic heterocycles. The lowest BCUT2D eigenvalue weighted by molar-refractivity contribution is -0.125. The van der Waals surface area contributed by atoms with Gasteiger partial charge in [-0.3, -0.25) is 4.79 Å². The Bertz CT molecular complexity index is 642. The monoisotopic (exact) mass is 326 g/mol. The summed E-state index contributed by atoms with van der Waals surface area (Å²) in [6.07, 6.45) is -1.34. The molecule has 3 N–H and O–H groups in total. The molecular weight excluding hydrogens is 316 g/mol. The van der Waals surface area contributed by atoms with Crippen LogP contribution in [0.4, 0.5) is 10.5 Å². The Morgan fingerprint density at radius 1 is 1.33 bits per heavy atom. The number of benzene rings is 1. The highest BCUT2D eigenvalue weighted by Crippen LogP contribution is 2.21. The molecule has 0 atom stereocenters. The standard InChI is InChI=1S/C13H11ClN2O4S/c14-7-1-3-8(4-2-7)15-11(21)10-9(17)5-6-16(12(10)18)13(19)20/h1-4,17H,5-6H2,(H,15,21)(H,19,20). The molecule has 1 aromatic rings. The van der Waals surface area contributed by atoms with E-state index in [1.165, 1.54) is 0 Å². The summed E-state index contributed by atoms with van der Waals surface area (Å²) in [6.45, 7) is -0.0902. The molecule has 1 heterocycles. The summed E-state index contributed by atoms with van der Waals surface area (Å²) in [5.41, 5.74) is 0.374. The normalized spacial score (nSPS) is 15.1. The van der Waals surface area contributed by atoms with E-state index in [4.69, 9.17) is 28.9 Å². The van der Waals surface area contributed by atoms with Gasteiger partial charge in [0.25, 0.3) is 5.91 Å². The zero-order valence-electron chi connectivity index (χ0n) is 10.7. The number of anilines is 1. The predicted octanol–water partition coefficient (Wildman–Crippen LogP) is 2.80. The Morgan fingerprint density at radius 2 is 1.95 bits per heavy atom. The highest BCUT2D eigenvalue weighted by atomic mass is 35.5. The van der Waals surface area contributed by atoms with Gasteiger partial charge >= 0.3 is 6.09 Å². The Balaban J connectivity index is 2.22. The highest BCUT2D eigenvalue weighted by molar-refractivity contribution is 7.81. The summed E-state index contributed by atoms with van der Waals surface area (Å²) in [5.74, 6) is -1.05. The molecule has 0 spiro atoms. The number of carbonyl (C=O) groups excluding carboxylic acids is 1. The lowest BCUT2D eigenvalue weighted by Gasteiger charge is -2.25. The molecule has 8 heteroatoms. The van der Waals surface area contributed by atoms with Gasteiger partial charge < -0.3 is 15.5 Å². The lowest BCUT2D eigenvalue weighted by atomic mass is 10.1. The van der Waals surface area contributed by atoms with E-state index in [2.05, 4.69) is 5.32 Å². The number of nitrogens with zero attached hydrogens (tertiary/aromatic N) is 1. The number of aliphatic hydroxyl groups excluding tert-OH is 1. The molecule has 1 aliphatic rings. The molecule has 1 aromatic carbocycles. The summed E-state index contributed by atoms with van der Waals surface area (Å²) in [7, 11) is 0. The first-order chi connectivity index (χ1) is 9.90. The van der Waals surface area contributed by atoms with Crippen LogP contribution in [0.5, 0.6) is 0 Å². The molecule has 21 heavy (non-hydrogen) atoms. The van der Waals surface area contributed by atoms with Crippen LogP contribution in [0.3, 0.4) is 0 Å². The van der Waals surface area contributed by atoms with Crippen molar-refractivity contribution in [2.24, 2.45) is 0 Å². The maximum atomic E-state index is 12.0. The second-order valence-electron chi connectivity index (χ2n) is 4.27. The van der Waals surface area contributed by atoms with Crippen LogP contribution in [0.15, 0.2) is 35.6 Å². The van der Waals surface area contributed by atoms with Crippen molar-refractivity contribution in [2.75, 3.05) is 11.9 Å². The van der Waals surface area contributed by atoms with Crippen LogP contribution in [-0.4, -0.2) is 38.6 Å². The summed E-state index contributed by atoms with van der Waals surface area (Å²) in [6, 6.07) is 6.56. The van der Waals surface area contributed by atoms with Crippen molar-refractivity contribution in [1.29, 1.82) is 0 Å². The topological polar surface area (TPSA) is 89.9 Å². The van der Waals surface area contributed by atoms with E-state index in [0.29, 0.717) is 15.6 Å². The molecule has 0 bridgehead atoms. The number of thiocarbonyl (C=S) groups is 1. The van der Waals surface area contributed by atoms with Crippen molar-refractivity contribution in [1.82, 2.24) is 4.90 Å². The Kier molecular flexibility index (Phi) is 4.44. The highest BCUT2D eigenvalue weighted by Gasteiger charge is 2.33. The molecule has 0 unspecified atom stereocenters. The first kappa shape index (κ1) is 15.3. The molecule has 1 aliphatic heterocycles. The van der Waals surface area contributed by atoms with Crippen LogP contribution in [0.2, 0.25) is 5.02 Å². The third kappa shape index (κ3) is 3.32. The maximum absolute atomic E-state index is 12.0. The molecule has 0 aliphatic carbocycles. The molecule has 0 saturated carbocycles. The molecule has 6 nitrogen and oxygen atoms in total. The first-order valence-corrected chi connectivity index (χ1v) is 6.72. The average Bonchev–Trinajstić information content (AvgIpc) is 2.41. The van der Waals surface area contributed by atoms with Crippen molar-refractivity contribution in [3.05, 3.63) is 40.6 Å². The van der Waals surface area contributed by atoms with E-state index in [1.54, 1.807) is 24.3 Å². The Hall–Kier alpha value is -2.12. The summed E-state index contributed by atoms with van der Waals surface area (Å²) in [4.78, 5) is 23.6. The van der Waals surface area contributed by atoms with Crippen LogP contribution >= 0.6 is 23.8 Å². The maximum Gasteiger partial charge on any atom is 0.414 e. The minimum atomic E-state index is -1.38. The van der Waals surface area contributed by atoms with Gasteiger partial charge in [0.15, 0.2) is 0 Å². The number of imide groups is 1. The fourth-order valence-corrected chi connectivity index (χ4v) is 2.29. The van der Waals surface area contributed by atoms with Gasteiger partial charge in [-0.25, -0.2) is 9.69 Å². The van der Waals surface area contributed by atoms with Crippen molar-refractivity contribution in [3.8, 4) is 0 Å². The van der Waals surface area contributed by atoms with Crippen LogP contribution in [-0.2, 0) is 4.79 Å². The van der Waals surface area contributed by atoms with E-state index in [1.807, 2.05) is 0 Å². The average molecular weight is 327 g/mol. The smallest absolute Gasteiger partial charge is 0.414 e. The number of halogens is 1. The van der Waals surface area contributed by atoms with E-state index < -0.39 is 12.0 Å². The van der Waals surface area contributed by atoms with Gasteiger partial charge in [0.2, 0.25) is 0 Å². The summed E-state index contributed by atoms with van der Waals surface area (Å²) in [5, 5.41) is 22.1. The number of hydrogen-bond donors (Lipinski definition) is 3. The van der Waals surface area contributed by atoms with Gasteiger partial charge in [-0.2, -0.15) is 0 Å². The number of rotatable bonds is 2. The molecule has 0 fully saturated rings. The van der Waals surface area contributed by atoms with E-state index >= 15 is 0 Å². The first-order valence-electron chi connectivity index (χ1n) is 5.94. The number of aliphatic hydroxyl groups is 1. The minimum absolute atomic E-state index is 0.0363. The zero-order valence-corrected chi connectivity index (χ0v) is 12.2. The van der Waals surface area contributed by atoms with Crippen LogP contribution in [0, 0.1) is 0 Å². The number of carboxylic acid groups (broad SMARTS) is 1. The molecular formula is C13H11ClN2O4S. The van der Waals surface area contributed by atoms with Gasteiger partial charge in [0.1, 0.15) is 16.3 Å². The van der Waals surface area contributed by atoms with Gasteiger partial charge in [0.05, 0.1) is 0 Å². The molecule has 2 rings (SSSR count). The van der Waals surface area contributed by atoms with Gasteiger partial charge in [-0.1, -0.05) is 23.8 Å². The van der Waals surface area contributed by atoms with Crippen LogP contribution in [0.25, 0.3) is 0 Å². The Labute approximate surface area is 130 Å². The summed E-state index contributed by atoms with van der Waals surface area (Å²) < 4.78 is 0. The van der Waals surface area contributed by atoms with Crippen LogP contribution in [0.1, 0.15) is 6.42 Å². The minimum Gasteiger partial charge on any atom is -0.511 e. The van der Waals surface area contributed by atoms with E-state index in [9.17, 15) is 14.7 Å². The Morgan fingerprint density at radius 3 is 2.52 bits per heavy atom. The van der Waals surface area contributed by atoms with Crippen molar-refractivity contribution >= 4 is 46.5 Å². The predicted molar refractivity (Wildman–Crippen MR) is 81.7 cm³/mol. The largest absolute Gasteiger partial charge is 0.511 e. The van der Waals surface area contributed by atoms with Gasteiger partial charge in [-0.15, -0.1) is 0 Å². The second kappa shape index (κ2) is 6.11. The third-order valence-electron chi connectivity index (χ3n) is 2.88. The number of hydrogen-bond acceptors (Lipinski definition) is 4. The number of amides is 2. The van der Waals surface area contributed by atoms with Crippen molar-refractivity contribution in [2.45, 2.75) is 6.42 Å². The molecule has 0 radical (unpaired) electrons. The molecule has 110 valence electrons. The second-order valence-corrected chi connectivity index (χ2v) is 5.12. The third-order valence-corrected chi connectivity index (χ3v) is 3.44. The lowest BCUT2D eigenvalue weighted by Crippen LogP contribution is -2.43. The van der Waals surface area contributed by atoms with Gasteiger partial charge in [0, 0.05) is 23.7 Å². The quantitative estimate of drug-likeness (QED) is 0.724. The zero-order chi connectivity index (χ0) is 15.6. The summed E-state index contributed by atoms with van der Waals surface area (Å²) >= 11 is 10.8.